The van der Waals surface area contributed by atoms with E-state index >= 15 is 0 Å². The van der Waals surface area contributed by atoms with Crippen LogP contribution in [-0.4, -0.2) is 23.6 Å². The molecule has 7 heteroatoms. The molecule has 7 nitrogen and oxygen atoms in total. The van der Waals surface area contributed by atoms with Gasteiger partial charge in [0.2, 0.25) is 0 Å². The predicted molar refractivity (Wildman–Crippen MR) is 110 cm³/mol. The zero-order valence-electron chi connectivity index (χ0n) is 16.7. The molecule has 0 heterocycles. The molecule has 0 aliphatic rings. The summed E-state index contributed by atoms with van der Waals surface area (Å²) < 4.78 is 5.49. The van der Waals surface area contributed by atoms with E-state index in [1.54, 1.807) is 49.4 Å². The van der Waals surface area contributed by atoms with Gasteiger partial charge in [-0.2, -0.15) is 5.26 Å². The number of carboxylic acid groups (broad SMARTS) is 1. The molecule has 4 N–H and O–H groups in total. The lowest BCUT2D eigenvalue weighted by Gasteiger charge is -2.32. The Bertz CT molecular complexity index is 932. The van der Waals surface area contributed by atoms with Crippen LogP contribution < -0.4 is 15.8 Å². The molecule has 1 unspecified atom stereocenters. The lowest BCUT2D eigenvalue weighted by Crippen LogP contribution is -2.43. The monoisotopic (exact) mass is 395 g/mol. The number of nitrogens with one attached hydrogen (secondary N) is 1. The van der Waals surface area contributed by atoms with Gasteiger partial charge in [-0.25, -0.2) is 4.79 Å². The molecule has 2 rings (SSSR count). The third-order valence-corrected chi connectivity index (χ3v) is 4.76. The third kappa shape index (κ3) is 4.85. The molecule has 0 aliphatic carbocycles. The minimum absolute atomic E-state index is 0.0380. The van der Waals surface area contributed by atoms with E-state index in [-0.39, 0.29) is 18.9 Å². The molecular formula is C22H25N3O4. The van der Waals surface area contributed by atoms with Crippen LogP contribution in [-0.2, 0) is 15.1 Å². The first-order valence-electron chi connectivity index (χ1n) is 9.30. The van der Waals surface area contributed by atoms with Crippen LogP contribution in [0.2, 0.25) is 0 Å². The van der Waals surface area contributed by atoms with E-state index in [0.29, 0.717) is 22.6 Å². The number of carbonyl (C=O) groups is 2. The van der Waals surface area contributed by atoms with Gasteiger partial charge < -0.3 is 20.9 Å². The van der Waals surface area contributed by atoms with E-state index in [1.165, 1.54) is 0 Å². The van der Waals surface area contributed by atoms with Gasteiger partial charge in [0.25, 0.3) is 5.91 Å². The molecule has 29 heavy (non-hydrogen) atoms. The summed E-state index contributed by atoms with van der Waals surface area (Å²) in [5, 5.41) is 22.2. The Morgan fingerprint density at radius 1 is 1.24 bits per heavy atom. The fraction of sp³-hybridized carbons (Fsp3) is 0.318. The second-order valence-corrected chi connectivity index (χ2v) is 7.04. The average molecular weight is 395 g/mol. The minimum atomic E-state index is -1.37. The number of nitriles is 1. The quantitative estimate of drug-likeness (QED) is 0.598. The van der Waals surface area contributed by atoms with Crippen LogP contribution in [0.15, 0.2) is 42.5 Å². The Labute approximate surface area is 170 Å². The molecular weight excluding hydrogens is 370 g/mol. The van der Waals surface area contributed by atoms with Crippen LogP contribution in [0, 0.1) is 11.3 Å². The van der Waals surface area contributed by atoms with Crippen molar-refractivity contribution in [2.75, 3.05) is 11.9 Å². The maximum absolute atomic E-state index is 12.4. The van der Waals surface area contributed by atoms with Crippen molar-refractivity contribution < 1.29 is 19.4 Å². The maximum atomic E-state index is 12.4. The SMILES string of the molecule is CCC(Nc1ccc(C#N)cc1)(C(=O)O)c1ccc(OCC(N)=O)c(C(C)C)c1. The summed E-state index contributed by atoms with van der Waals surface area (Å²) in [5.74, 6) is -1.07. The number of benzene rings is 2. The van der Waals surface area contributed by atoms with E-state index in [4.69, 9.17) is 15.7 Å². The largest absolute Gasteiger partial charge is 0.483 e. The van der Waals surface area contributed by atoms with Crippen LogP contribution in [0.4, 0.5) is 5.69 Å². The van der Waals surface area contributed by atoms with Crippen molar-refractivity contribution in [3.8, 4) is 11.8 Å². The van der Waals surface area contributed by atoms with Crippen molar-refractivity contribution in [1.29, 1.82) is 5.26 Å². The van der Waals surface area contributed by atoms with E-state index in [9.17, 15) is 14.7 Å². The number of nitrogens with two attached hydrogens (primary N) is 1. The number of nitrogens with zero attached hydrogens (tertiary/aromatic N) is 1. The van der Waals surface area contributed by atoms with E-state index in [1.807, 2.05) is 19.9 Å². The molecule has 0 aromatic heterocycles. The fourth-order valence-corrected chi connectivity index (χ4v) is 3.11. The number of anilines is 1. The maximum Gasteiger partial charge on any atom is 0.334 e. The van der Waals surface area contributed by atoms with Gasteiger partial charge in [-0.3, -0.25) is 4.79 Å². The van der Waals surface area contributed by atoms with E-state index in [0.717, 1.165) is 5.56 Å². The molecule has 0 saturated carbocycles. The number of amides is 1. The molecule has 0 bridgehead atoms. The molecule has 152 valence electrons. The molecule has 2 aromatic carbocycles. The minimum Gasteiger partial charge on any atom is -0.483 e. The molecule has 0 aliphatic heterocycles. The molecule has 0 saturated heterocycles. The highest BCUT2D eigenvalue weighted by Crippen LogP contribution is 2.36. The van der Waals surface area contributed by atoms with Crippen LogP contribution in [0.3, 0.4) is 0 Å². The van der Waals surface area contributed by atoms with Crippen LogP contribution in [0.1, 0.15) is 49.8 Å². The number of aliphatic carboxylic acids is 1. The Balaban J connectivity index is 2.50. The number of hydrogen-bond donors (Lipinski definition) is 3. The second-order valence-electron chi connectivity index (χ2n) is 7.04. The summed E-state index contributed by atoms with van der Waals surface area (Å²) in [4.78, 5) is 23.4. The Morgan fingerprint density at radius 3 is 2.38 bits per heavy atom. The molecule has 2 aromatic rings. The van der Waals surface area contributed by atoms with Gasteiger partial charge in [0.05, 0.1) is 11.6 Å². The first-order chi connectivity index (χ1) is 13.7. The lowest BCUT2D eigenvalue weighted by atomic mass is 9.84. The normalized spacial score (nSPS) is 12.7. The number of ether oxygens (including phenoxy) is 1. The topological polar surface area (TPSA) is 125 Å². The fourth-order valence-electron chi connectivity index (χ4n) is 3.11. The Kier molecular flexibility index (Phi) is 6.84. The van der Waals surface area contributed by atoms with Gasteiger partial charge in [0.1, 0.15) is 5.75 Å². The van der Waals surface area contributed by atoms with Crippen LogP contribution in [0.25, 0.3) is 0 Å². The Hall–Kier alpha value is -3.53. The summed E-state index contributed by atoms with van der Waals surface area (Å²) in [7, 11) is 0. The van der Waals surface area contributed by atoms with Crippen molar-refractivity contribution in [3.63, 3.8) is 0 Å². The number of hydrogen-bond acceptors (Lipinski definition) is 5. The standard InChI is InChI=1S/C22H25N3O4/c1-4-22(21(27)28,25-17-8-5-15(12-23)6-9-17)16-7-10-19(29-13-20(24)26)18(11-16)14(2)3/h5-11,14,25H,4,13H2,1-3H3,(H2,24,26)(H,27,28). The second kappa shape index (κ2) is 9.11. The summed E-state index contributed by atoms with van der Waals surface area (Å²) in [6, 6.07) is 13.8. The van der Waals surface area contributed by atoms with Crippen LogP contribution in [0.5, 0.6) is 5.75 Å². The smallest absolute Gasteiger partial charge is 0.334 e. The summed E-state index contributed by atoms with van der Waals surface area (Å²) in [6.45, 7) is 5.45. The zero-order valence-corrected chi connectivity index (χ0v) is 16.7. The van der Waals surface area contributed by atoms with Crippen LogP contribution >= 0.6 is 0 Å². The highest BCUT2D eigenvalue weighted by atomic mass is 16.5. The van der Waals surface area contributed by atoms with Gasteiger partial charge in [0, 0.05) is 5.69 Å². The van der Waals surface area contributed by atoms with E-state index < -0.39 is 17.4 Å². The number of carbonyl (C=O) groups excluding carboxylic acids is 1. The number of carboxylic acids is 1. The highest BCUT2D eigenvalue weighted by molar-refractivity contribution is 5.85. The van der Waals surface area contributed by atoms with Gasteiger partial charge in [-0.05, 0) is 59.9 Å². The lowest BCUT2D eigenvalue weighted by molar-refractivity contribution is -0.142. The van der Waals surface area contributed by atoms with Gasteiger partial charge in [0.15, 0.2) is 12.1 Å². The molecule has 0 radical (unpaired) electrons. The highest BCUT2D eigenvalue weighted by Gasteiger charge is 2.39. The first-order valence-corrected chi connectivity index (χ1v) is 9.30. The molecule has 1 amide bonds. The van der Waals surface area contributed by atoms with Crippen molar-refractivity contribution in [1.82, 2.24) is 0 Å². The van der Waals surface area contributed by atoms with Crippen molar-refractivity contribution in [2.24, 2.45) is 5.73 Å². The van der Waals surface area contributed by atoms with Crippen molar-refractivity contribution in [3.05, 3.63) is 59.2 Å². The van der Waals surface area contributed by atoms with Crippen molar-refractivity contribution in [2.45, 2.75) is 38.6 Å². The molecule has 0 fully saturated rings. The number of primary amides is 1. The molecule has 0 spiro atoms. The van der Waals surface area contributed by atoms with Gasteiger partial charge >= 0.3 is 5.97 Å². The van der Waals surface area contributed by atoms with E-state index in [2.05, 4.69) is 5.32 Å². The molecule has 1 atom stereocenters. The third-order valence-electron chi connectivity index (χ3n) is 4.76. The van der Waals surface area contributed by atoms with Gasteiger partial charge in [-0.1, -0.05) is 26.8 Å². The summed E-state index contributed by atoms with van der Waals surface area (Å²) in [6.07, 6.45) is 0.279. The van der Waals surface area contributed by atoms with Gasteiger partial charge in [-0.15, -0.1) is 0 Å². The predicted octanol–water partition coefficient (Wildman–Crippen LogP) is 3.35. The van der Waals surface area contributed by atoms with Crippen molar-refractivity contribution >= 4 is 17.6 Å². The summed E-state index contributed by atoms with van der Waals surface area (Å²) in [5.41, 5.74) is 6.21. The number of rotatable bonds is 9. The zero-order chi connectivity index (χ0) is 21.6. The summed E-state index contributed by atoms with van der Waals surface area (Å²) >= 11 is 0. The Morgan fingerprint density at radius 2 is 1.90 bits per heavy atom. The first kappa shape index (κ1) is 21.8. The average Bonchev–Trinajstić information content (AvgIpc) is 2.70.